The monoisotopic (exact) mass is 444 g/mol. The first-order valence-corrected chi connectivity index (χ1v) is 10.8. The van der Waals surface area contributed by atoms with Gasteiger partial charge in [-0.25, -0.2) is 17.2 Å². The van der Waals surface area contributed by atoms with Gasteiger partial charge in [0.25, 0.3) is 0 Å². The molecule has 2 aromatic rings. The van der Waals surface area contributed by atoms with E-state index in [9.17, 15) is 22.0 Å². The number of carbonyl (C=O) groups is 1. The number of ketones is 1. The standard InChI is InChI=1S/C22H18F2N2O4S/c1-4-14-12-25-21(22(27)13(14)3)17-11-16(7-8-19(17)26-31(28,29)5-2)30-20-9-6-15(23)10-18(20)24/h1,6-12,21,26H,5H2,2-3H3. The van der Waals surface area contributed by atoms with Crippen molar-refractivity contribution in [3.63, 3.8) is 0 Å². The van der Waals surface area contributed by atoms with Crippen molar-refractivity contribution in [2.24, 2.45) is 4.99 Å². The highest BCUT2D eigenvalue weighted by molar-refractivity contribution is 7.92. The van der Waals surface area contributed by atoms with Crippen molar-refractivity contribution in [1.29, 1.82) is 0 Å². The van der Waals surface area contributed by atoms with Gasteiger partial charge in [0.2, 0.25) is 10.0 Å². The zero-order valence-electron chi connectivity index (χ0n) is 16.6. The molecule has 0 fully saturated rings. The molecule has 0 radical (unpaired) electrons. The van der Waals surface area contributed by atoms with Gasteiger partial charge in [0, 0.05) is 29.0 Å². The summed E-state index contributed by atoms with van der Waals surface area (Å²) in [5, 5.41) is 0. The maximum absolute atomic E-state index is 14.0. The van der Waals surface area contributed by atoms with E-state index in [0.29, 0.717) is 17.2 Å². The Balaban J connectivity index is 2.06. The summed E-state index contributed by atoms with van der Waals surface area (Å²) in [5.74, 6) is -0.0276. The van der Waals surface area contributed by atoms with Gasteiger partial charge in [-0.3, -0.25) is 14.5 Å². The topological polar surface area (TPSA) is 84.8 Å². The van der Waals surface area contributed by atoms with Crippen LogP contribution in [0.5, 0.6) is 11.5 Å². The Bertz CT molecular complexity index is 1260. The van der Waals surface area contributed by atoms with E-state index < -0.39 is 33.5 Å². The lowest BCUT2D eigenvalue weighted by atomic mass is 9.92. The number of terminal acetylenes is 1. The van der Waals surface area contributed by atoms with Crippen LogP contribution >= 0.6 is 0 Å². The second kappa shape index (κ2) is 8.70. The SMILES string of the molecule is C#CC1=C(C)C(=O)C(c2cc(Oc3ccc(F)cc3F)ccc2NS(=O)(=O)CC)N=C1. The number of dihydropyridines is 1. The van der Waals surface area contributed by atoms with Gasteiger partial charge in [-0.1, -0.05) is 5.92 Å². The highest BCUT2D eigenvalue weighted by Crippen LogP contribution is 2.36. The number of carbonyl (C=O) groups excluding carboxylic acids is 1. The second-order valence-corrected chi connectivity index (χ2v) is 8.67. The molecule has 0 aliphatic carbocycles. The van der Waals surface area contributed by atoms with Crippen LogP contribution in [0.2, 0.25) is 0 Å². The molecule has 1 aliphatic heterocycles. The van der Waals surface area contributed by atoms with Gasteiger partial charge in [-0.2, -0.15) is 0 Å². The third-order valence-corrected chi connectivity index (χ3v) is 5.91. The average molecular weight is 444 g/mol. The van der Waals surface area contributed by atoms with Crippen molar-refractivity contribution >= 4 is 27.7 Å². The van der Waals surface area contributed by atoms with Crippen LogP contribution in [-0.4, -0.2) is 26.2 Å². The number of sulfonamides is 1. The Morgan fingerprint density at radius 1 is 1.23 bits per heavy atom. The van der Waals surface area contributed by atoms with E-state index in [4.69, 9.17) is 11.2 Å². The van der Waals surface area contributed by atoms with Crippen LogP contribution in [-0.2, 0) is 14.8 Å². The Morgan fingerprint density at radius 3 is 2.61 bits per heavy atom. The minimum absolute atomic E-state index is 0.104. The number of hydrogen-bond acceptors (Lipinski definition) is 5. The zero-order chi connectivity index (χ0) is 22.8. The van der Waals surface area contributed by atoms with Gasteiger partial charge in [0.05, 0.1) is 11.4 Å². The second-order valence-electron chi connectivity index (χ2n) is 6.66. The highest BCUT2D eigenvalue weighted by Gasteiger charge is 2.29. The summed E-state index contributed by atoms with van der Waals surface area (Å²) in [6.45, 7) is 3.02. The number of anilines is 1. The van der Waals surface area contributed by atoms with E-state index >= 15 is 0 Å². The fourth-order valence-electron chi connectivity index (χ4n) is 2.87. The Kier molecular flexibility index (Phi) is 6.22. The molecule has 1 atom stereocenters. The fourth-order valence-corrected chi connectivity index (χ4v) is 3.53. The van der Waals surface area contributed by atoms with Crippen LogP contribution in [0.3, 0.4) is 0 Å². The van der Waals surface area contributed by atoms with Crippen molar-refractivity contribution in [2.75, 3.05) is 10.5 Å². The van der Waals surface area contributed by atoms with Crippen LogP contribution in [0.15, 0.2) is 52.5 Å². The number of nitrogens with one attached hydrogen (secondary N) is 1. The first kappa shape index (κ1) is 22.2. The number of hydrogen-bond donors (Lipinski definition) is 1. The molecular formula is C22H18F2N2O4S. The summed E-state index contributed by atoms with van der Waals surface area (Å²) in [7, 11) is -3.66. The van der Waals surface area contributed by atoms with Crippen molar-refractivity contribution in [3.05, 3.63) is 64.7 Å². The van der Waals surface area contributed by atoms with Crippen molar-refractivity contribution in [2.45, 2.75) is 19.9 Å². The molecule has 0 amide bonds. The minimum Gasteiger partial charge on any atom is -0.454 e. The van der Waals surface area contributed by atoms with Crippen molar-refractivity contribution in [1.82, 2.24) is 0 Å². The van der Waals surface area contributed by atoms with Crippen LogP contribution in [0, 0.1) is 24.0 Å². The van der Waals surface area contributed by atoms with Gasteiger partial charge >= 0.3 is 0 Å². The predicted molar refractivity (Wildman–Crippen MR) is 114 cm³/mol. The fraction of sp³-hybridized carbons (Fsp3) is 0.182. The lowest BCUT2D eigenvalue weighted by Gasteiger charge is -2.21. The van der Waals surface area contributed by atoms with Gasteiger partial charge < -0.3 is 4.74 Å². The summed E-state index contributed by atoms with van der Waals surface area (Å²) >= 11 is 0. The van der Waals surface area contributed by atoms with E-state index in [1.807, 2.05) is 0 Å². The van der Waals surface area contributed by atoms with Crippen molar-refractivity contribution < 1.29 is 26.7 Å². The highest BCUT2D eigenvalue weighted by atomic mass is 32.2. The van der Waals surface area contributed by atoms with E-state index in [0.717, 1.165) is 12.1 Å². The van der Waals surface area contributed by atoms with E-state index in [1.54, 1.807) is 6.92 Å². The molecule has 31 heavy (non-hydrogen) atoms. The number of benzene rings is 2. The number of ether oxygens (including phenoxy) is 1. The average Bonchev–Trinajstić information content (AvgIpc) is 2.73. The summed E-state index contributed by atoms with van der Waals surface area (Å²) in [6.07, 6.45) is 6.75. The third-order valence-electron chi connectivity index (χ3n) is 4.62. The minimum atomic E-state index is -3.66. The molecule has 2 aromatic carbocycles. The van der Waals surface area contributed by atoms with E-state index in [1.165, 1.54) is 31.3 Å². The number of nitrogens with zero attached hydrogens (tertiary/aromatic N) is 1. The smallest absolute Gasteiger partial charge is 0.232 e. The molecule has 6 nitrogen and oxygen atoms in total. The Hall–Kier alpha value is -3.51. The Labute approximate surface area is 178 Å². The first-order valence-electron chi connectivity index (χ1n) is 9.17. The molecule has 3 rings (SSSR count). The van der Waals surface area contributed by atoms with Gasteiger partial charge in [-0.05, 0) is 44.2 Å². The van der Waals surface area contributed by atoms with Gasteiger partial charge in [0.1, 0.15) is 17.6 Å². The summed E-state index contributed by atoms with van der Waals surface area (Å²) in [4.78, 5) is 17.0. The number of halogens is 2. The molecule has 0 bridgehead atoms. The molecule has 1 unspecified atom stereocenters. The first-order chi connectivity index (χ1) is 14.6. The molecule has 1 heterocycles. The molecule has 160 valence electrons. The van der Waals surface area contributed by atoms with Crippen LogP contribution in [0.1, 0.15) is 25.5 Å². The van der Waals surface area contributed by atoms with Crippen LogP contribution in [0.4, 0.5) is 14.5 Å². The van der Waals surface area contributed by atoms with Crippen LogP contribution in [0.25, 0.3) is 0 Å². The molecule has 1 aliphatic rings. The molecule has 1 N–H and O–H groups in total. The summed E-state index contributed by atoms with van der Waals surface area (Å²) in [5.41, 5.74) is 0.968. The molecule has 0 aromatic heterocycles. The number of Topliss-reactive ketones (excluding diaryl/α,β-unsaturated/α-hetero) is 1. The summed E-state index contributed by atoms with van der Waals surface area (Å²) in [6, 6.07) is 5.91. The zero-order valence-corrected chi connectivity index (χ0v) is 17.5. The van der Waals surface area contributed by atoms with Crippen LogP contribution < -0.4 is 9.46 Å². The van der Waals surface area contributed by atoms with E-state index in [-0.39, 0.29) is 28.5 Å². The molecular weight excluding hydrogens is 426 g/mol. The third kappa shape index (κ3) is 4.81. The van der Waals surface area contributed by atoms with Crippen molar-refractivity contribution in [3.8, 4) is 23.8 Å². The number of aliphatic imine (C=N–C) groups is 1. The maximum atomic E-state index is 14.0. The largest absolute Gasteiger partial charge is 0.454 e. The maximum Gasteiger partial charge on any atom is 0.232 e. The number of rotatable bonds is 6. The molecule has 0 saturated carbocycles. The predicted octanol–water partition coefficient (Wildman–Crippen LogP) is 4.16. The van der Waals surface area contributed by atoms with E-state index in [2.05, 4.69) is 15.6 Å². The molecule has 0 spiro atoms. The molecule has 0 saturated heterocycles. The molecule has 9 heteroatoms. The number of allylic oxidation sites excluding steroid dienone is 1. The lowest BCUT2D eigenvalue weighted by molar-refractivity contribution is -0.116. The van der Waals surface area contributed by atoms with Gasteiger partial charge in [-0.15, -0.1) is 6.42 Å². The summed E-state index contributed by atoms with van der Waals surface area (Å²) < 4.78 is 59.2. The van der Waals surface area contributed by atoms with Gasteiger partial charge in [0.15, 0.2) is 17.3 Å². The Morgan fingerprint density at radius 2 is 1.97 bits per heavy atom. The normalized spacial score (nSPS) is 16.2. The quantitative estimate of drug-likeness (QED) is 0.678. The lowest BCUT2D eigenvalue weighted by Crippen LogP contribution is -2.21.